The average Bonchev–Trinajstić information content (AvgIpc) is 2.17. The molecule has 0 saturated carbocycles. The molecule has 0 radical (unpaired) electrons. The third kappa shape index (κ3) is 2.20. The van der Waals surface area contributed by atoms with E-state index in [1.807, 2.05) is 31.2 Å². The molecule has 13 heavy (non-hydrogen) atoms. The topological polar surface area (TPSA) is 38.0 Å². The van der Waals surface area contributed by atoms with Gasteiger partial charge in [-0.3, -0.25) is 5.84 Å². The molecule has 0 spiro atoms. The van der Waals surface area contributed by atoms with Gasteiger partial charge in [0.15, 0.2) is 0 Å². The predicted molar refractivity (Wildman–Crippen MR) is 57.5 cm³/mol. The molecule has 0 aliphatic carbocycles. The first-order chi connectivity index (χ1) is 6.15. The zero-order valence-corrected chi connectivity index (χ0v) is 7.80. The van der Waals surface area contributed by atoms with Crippen LogP contribution in [0.25, 0.3) is 11.3 Å². The van der Waals surface area contributed by atoms with Crippen LogP contribution in [0.4, 0.5) is 0 Å². The van der Waals surface area contributed by atoms with Gasteiger partial charge in [-0.15, -0.1) is 0 Å². The molecule has 0 heterocycles. The standard InChI is InChI=1S/C11H14N2/c1-8(2)10-4-6-11(7-5-10)9(3)13-12/h4-7,13H,1,3,12H2,2H3. The summed E-state index contributed by atoms with van der Waals surface area (Å²) in [6.07, 6.45) is 0. The molecule has 0 unspecified atom stereocenters. The lowest BCUT2D eigenvalue weighted by atomic mass is 10.1. The van der Waals surface area contributed by atoms with Crippen LogP contribution in [0.1, 0.15) is 18.1 Å². The van der Waals surface area contributed by atoms with Gasteiger partial charge in [-0.2, -0.15) is 0 Å². The molecule has 0 fully saturated rings. The van der Waals surface area contributed by atoms with Gasteiger partial charge in [0, 0.05) is 5.70 Å². The molecule has 2 heteroatoms. The van der Waals surface area contributed by atoms with E-state index in [4.69, 9.17) is 5.84 Å². The maximum absolute atomic E-state index is 5.23. The second-order valence-electron chi connectivity index (χ2n) is 2.98. The van der Waals surface area contributed by atoms with E-state index in [2.05, 4.69) is 18.6 Å². The van der Waals surface area contributed by atoms with Crippen LogP contribution in [0.2, 0.25) is 0 Å². The Kier molecular flexibility index (Phi) is 2.88. The van der Waals surface area contributed by atoms with Crippen molar-refractivity contribution in [2.24, 2.45) is 5.84 Å². The van der Waals surface area contributed by atoms with Crippen LogP contribution in [0.15, 0.2) is 37.4 Å². The Morgan fingerprint density at radius 1 is 1.15 bits per heavy atom. The summed E-state index contributed by atoms with van der Waals surface area (Å²) in [6, 6.07) is 7.93. The summed E-state index contributed by atoms with van der Waals surface area (Å²) >= 11 is 0. The van der Waals surface area contributed by atoms with Crippen molar-refractivity contribution in [3.63, 3.8) is 0 Å². The summed E-state index contributed by atoms with van der Waals surface area (Å²) in [5.74, 6) is 5.23. The second kappa shape index (κ2) is 3.92. The van der Waals surface area contributed by atoms with Crippen LogP contribution >= 0.6 is 0 Å². The minimum absolute atomic E-state index is 0.716. The smallest absolute Gasteiger partial charge is 0.0485 e. The molecule has 0 saturated heterocycles. The van der Waals surface area contributed by atoms with E-state index in [0.717, 1.165) is 16.7 Å². The van der Waals surface area contributed by atoms with Gasteiger partial charge in [-0.25, -0.2) is 0 Å². The first-order valence-corrected chi connectivity index (χ1v) is 4.07. The Morgan fingerprint density at radius 3 is 2.00 bits per heavy atom. The maximum atomic E-state index is 5.23. The number of rotatable bonds is 3. The Labute approximate surface area is 78.7 Å². The number of nitrogens with two attached hydrogens (primary N) is 1. The molecule has 0 amide bonds. The summed E-state index contributed by atoms with van der Waals surface area (Å²) < 4.78 is 0. The third-order valence-corrected chi connectivity index (χ3v) is 1.90. The van der Waals surface area contributed by atoms with Gasteiger partial charge in [-0.1, -0.05) is 43.0 Å². The fourth-order valence-electron chi connectivity index (χ4n) is 1.04. The van der Waals surface area contributed by atoms with Crippen molar-refractivity contribution >= 4 is 11.3 Å². The molecule has 3 N–H and O–H groups in total. The quantitative estimate of drug-likeness (QED) is 0.544. The molecular weight excluding hydrogens is 160 g/mol. The van der Waals surface area contributed by atoms with E-state index in [-0.39, 0.29) is 0 Å². The number of nitrogens with one attached hydrogen (secondary N) is 1. The Bertz CT molecular complexity index is 322. The van der Waals surface area contributed by atoms with Gasteiger partial charge in [0.25, 0.3) is 0 Å². The molecule has 2 nitrogen and oxygen atoms in total. The number of hydrogen-bond donors (Lipinski definition) is 2. The van der Waals surface area contributed by atoms with Crippen LogP contribution in [0.3, 0.4) is 0 Å². The maximum Gasteiger partial charge on any atom is 0.0485 e. The van der Waals surface area contributed by atoms with Crippen LogP contribution in [0, 0.1) is 0 Å². The van der Waals surface area contributed by atoms with E-state index in [9.17, 15) is 0 Å². The van der Waals surface area contributed by atoms with Crippen molar-refractivity contribution in [1.29, 1.82) is 0 Å². The lowest BCUT2D eigenvalue weighted by Gasteiger charge is -2.05. The number of hydrazine groups is 1. The molecule has 0 atom stereocenters. The molecule has 1 aromatic rings. The van der Waals surface area contributed by atoms with Crippen molar-refractivity contribution in [3.05, 3.63) is 48.6 Å². The van der Waals surface area contributed by atoms with E-state index >= 15 is 0 Å². The molecular formula is C11H14N2. The minimum atomic E-state index is 0.716. The number of benzene rings is 1. The van der Waals surface area contributed by atoms with Gasteiger partial charge < -0.3 is 5.43 Å². The van der Waals surface area contributed by atoms with Gasteiger partial charge in [0.1, 0.15) is 0 Å². The first kappa shape index (κ1) is 9.55. The van der Waals surface area contributed by atoms with Crippen molar-refractivity contribution in [2.75, 3.05) is 0 Å². The average molecular weight is 174 g/mol. The molecule has 0 aliphatic heterocycles. The third-order valence-electron chi connectivity index (χ3n) is 1.90. The SMILES string of the molecule is C=C(C)c1ccc(C(=C)NN)cc1. The van der Waals surface area contributed by atoms with Crippen molar-refractivity contribution < 1.29 is 0 Å². The lowest BCUT2D eigenvalue weighted by molar-refractivity contribution is 0.995. The van der Waals surface area contributed by atoms with Crippen LogP contribution in [-0.2, 0) is 0 Å². The van der Waals surface area contributed by atoms with Crippen LogP contribution in [-0.4, -0.2) is 0 Å². The van der Waals surface area contributed by atoms with Gasteiger partial charge in [-0.05, 0) is 18.1 Å². The summed E-state index contributed by atoms with van der Waals surface area (Å²) in [6.45, 7) is 9.59. The summed E-state index contributed by atoms with van der Waals surface area (Å²) in [5.41, 5.74) is 6.41. The zero-order valence-electron chi connectivity index (χ0n) is 7.80. The molecule has 0 aliphatic rings. The van der Waals surface area contributed by atoms with Crippen LogP contribution in [0.5, 0.6) is 0 Å². The van der Waals surface area contributed by atoms with Crippen LogP contribution < -0.4 is 11.3 Å². The van der Waals surface area contributed by atoms with E-state index in [0.29, 0.717) is 5.70 Å². The van der Waals surface area contributed by atoms with Crippen molar-refractivity contribution in [3.8, 4) is 0 Å². The molecule has 1 rings (SSSR count). The molecule has 68 valence electrons. The Balaban J connectivity index is 2.93. The number of allylic oxidation sites excluding steroid dienone is 1. The fraction of sp³-hybridized carbons (Fsp3) is 0.0909. The summed E-state index contributed by atoms with van der Waals surface area (Å²) in [5, 5.41) is 0. The molecule has 0 aromatic heterocycles. The van der Waals surface area contributed by atoms with E-state index in [1.165, 1.54) is 0 Å². The van der Waals surface area contributed by atoms with E-state index < -0.39 is 0 Å². The lowest BCUT2D eigenvalue weighted by Crippen LogP contribution is -2.18. The van der Waals surface area contributed by atoms with Crippen molar-refractivity contribution in [1.82, 2.24) is 5.43 Å². The second-order valence-corrected chi connectivity index (χ2v) is 2.98. The Hall–Kier alpha value is -1.54. The fourth-order valence-corrected chi connectivity index (χ4v) is 1.04. The highest BCUT2D eigenvalue weighted by Crippen LogP contribution is 2.15. The van der Waals surface area contributed by atoms with Crippen molar-refractivity contribution in [2.45, 2.75) is 6.92 Å². The molecule has 1 aromatic carbocycles. The van der Waals surface area contributed by atoms with E-state index in [1.54, 1.807) is 0 Å². The monoisotopic (exact) mass is 174 g/mol. The van der Waals surface area contributed by atoms with Gasteiger partial charge >= 0.3 is 0 Å². The summed E-state index contributed by atoms with van der Waals surface area (Å²) in [4.78, 5) is 0. The number of hydrogen-bond acceptors (Lipinski definition) is 2. The Morgan fingerprint density at radius 2 is 1.62 bits per heavy atom. The summed E-state index contributed by atoms with van der Waals surface area (Å²) in [7, 11) is 0. The molecule has 0 bridgehead atoms. The highest BCUT2D eigenvalue weighted by molar-refractivity contribution is 5.66. The largest absolute Gasteiger partial charge is 0.324 e. The van der Waals surface area contributed by atoms with Gasteiger partial charge in [0.05, 0.1) is 0 Å². The zero-order chi connectivity index (χ0) is 9.84. The normalized spacial score (nSPS) is 9.38. The predicted octanol–water partition coefficient (Wildman–Crippen LogP) is 2.15. The first-order valence-electron chi connectivity index (χ1n) is 4.07. The highest BCUT2D eigenvalue weighted by atomic mass is 15.2. The minimum Gasteiger partial charge on any atom is -0.324 e. The highest BCUT2D eigenvalue weighted by Gasteiger charge is 1.96. The van der Waals surface area contributed by atoms with Gasteiger partial charge in [0.2, 0.25) is 0 Å².